The first-order chi connectivity index (χ1) is 18.2. The number of halogens is 2. The van der Waals surface area contributed by atoms with Crippen LogP contribution in [0.15, 0.2) is 34.7 Å². The molecular formula is C29H30F2N2O5. The molecule has 1 aromatic heterocycles. The average Bonchev–Trinajstić information content (AvgIpc) is 3.54. The van der Waals surface area contributed by atoms with Crippen molar-refractivity contribution in [3.8, 4) is 11.5 Å². The summed E-state index contributed by atoms with van der Waals surface area (Å²) in [4.78, 5) is 17.8. The van der Waals surface area contributed by atoms with Crippen molar-refractivity contribution < 1.29 is 32.6 Å². The third-order valence-corrected chi connectivity index (χ3v) is 7.80. The maximum atomic E-state index is 14.7. The molecule has 2 aliphatic heterocycles. The quantitative estimate of drug-likeness (QED) is 0.426. The van der Waals surface area contributed by atoms with E-state index >= 15 is 0 Å². The predicted molar refractivity (Wildman–Crippen MR) is 134 cm³/mol. The number of alkyl halides is 2. The number of rotatable bonds is 7. The molecule has 0 saturated heterocycles. The largest absolute Gasteiger partial charge is 0.492 e. The number of benzene rings is 2. The van der Waals surface area contributed by atoms with Gasteiger partial charge >= 0.3 is 5.97 Å². The van der Waals surface area contributed by atoms with Gasteiger partial charge in [-0.2, -0.15) is 0 Å². The van der Waals surface area contributed by atoms with Crippen molar-refractivity contribution >= 4 is 5.97 Å². The third-order valence-electron chi connectivity index (χ3n) is 7.80. The molecule has 38 heavy (non-hydrogen) atoms. The molecule has 2 aromatic carbocycles. The summed E-state index contributed by atoms with van der Waals surface area (Å²) in [5, 5.41) is 9.14. The number of oxazole rings is 1. The zero-order valence-electron chi connectivity index (χ0n) is 21.4. The van der Waals surface area contributed by atoms with Gasteiger partial charge in [0.2, 0.25) is 0 Å². The maximum Gasteiger partial charge on any atom is 0.304 e. The topological polar surface area (TPSA) is 85.0 Å². The summed E-state index contributed by atoms with van der Waals surface area (Å²) < 4.78 is 47.2. The SMILES string of the molecule is Cc1nc2c(o1)CCN(Cc1c(C(C)(F)F)ccc3c1CCC3Oc1ccc3c(c1)OCC3CC(=O)O)C2. The predicted octanol–water partition coefficient (Wildman–Crippen LogP) is 5.67. The van der Waals surface area contributed by atoms with Gasteiger partial charge in [-0.1, -0.05) is 18.2 Å². The first-order valence-corrected chi connectivity index (χ1v) is 13.0. The number of carboxylic acid groups (broad SMARTS) is 1. The maximum absolute atomic E-state index is 14.7. The van der Waals surface area contributed by atoms with Gasteiger partial charge < -0.3 is 19.0 Å². The van der Waals surface area contributed by atoms with Crippen LogP contribution in [0.4, 0.5) is 8.78 Å². The summed E-state index contributed by atoms with van der Waals surface area (Å²) in [5.74, 6) is -1.21. The van der Waals surface area contributed by atoms with E-state index in [0.29, 0.717) is 61.9 Å². The zero-order valence-corrected chi connectivity index (χ0v) is 21.4. The van der Waals surface area contributed by atoms with Crippen molar-refractivity contribution in [2.45, 2.75) is 70.6 Å². The molecule has 3 aromatic rings. The lowest BCUT2D eigenvalue weighted by atomic mass is 9.93. The Hall–Kier alpha value is -3.46. The smallest absolute Gasteiger partial charge is 0.304 e. The highest BCUT2D eigenvalue weighted by Gasteiger charge is 2.36. The van der Waals surface area contributed by atoms with Crippen LogP contribution in [-0.2, 0) is 36.6 Å². The first-order valence-electron chi connectivity index (χ1n) is 13.0. The lowest BCUT2D eigenvalue weighted by molar-refractivity contribution is -0.137. The van der Waals surface area contributed by atoms with E-state index in [1.165, 1.54) is 0 Å². The lowest BCUT2D eigenvalue weighted by Gasteiger charge is -2.28. The normalized spacial score (nSPS) is 20.5. The van der Waals surface area contributed by atoms with Gasteiger partial charge in [-0.25, -0.2) is 13.8 Å². The van der Waals surface area contributed by atoms with Gasteiger partial charge in [0, 0.05) is 63.0 Å². The number of nitrogens with zero attached hydrogens (tertiary/aromatic N) is 2. The minimum Gasteiger partial charge on any atom is -0.492 e. The second kappa shape index (κ2) is 9.38. The second-order valence-corrected chi connectivity index (χ2v) is 10.6. The molecule has 1 aliphatic carbocycles. The van der Waals surface area contributed by atoms with Crippen LogP contribution in [0.2, 0.25) is 0 Å². The summed E-state index contributed by atoms with van der Waals surface area (Å²) in [6.45, 7) is 4.82. The lowest BCUT2D eigenvalue weighted by Crippen LogP contribution is -2.31. The van der Waals surface area contributed by atoms with Gasteiger partial charge in [-0.05, 0) is 35.6 Å². The van der Waals surface area contributed by atoms with Gasteiger partial charge in [-0.15, -0.1) is 0 Å². The van der Waals surface area contributed by atoms with Crippen LogP contribution < -0.4 is 9.47 Å². The monoisotopic (exact) mass is 524 g/mol. The molecule has 2 unspecified atom stereocenters. The molecular weight excluding hydrogens is 494 g/mol. The number of carboxylic acids is 1. The fraction of sp³-hybridized carbons (Fsp3) is 0.448. The van der Waals surface area contributed by atoms with Crippen molar-refractivity contribution in [1.82, 2.24) is 9.88 Å². The number of hydrogen-bond acceptors (Lipinski definition) is 6. The summed E-state index contributed by atoms with van der Waals surface area (Å²) in [5.41, 5.74) is 4.38. The van der Waals surface area contributed by atoms with E-state index in [0.717, 1.165) is 41.6 Å². The van der Waals surface area contributed by atoms with Gasteiger partial charge in [0.05, 0.1) is 18.7 Å². The van der Waals surface area contributed by atoms with Gasteiger partial charge in [-0.3, -0.25) is 9.69 Å². The van der Waals surface area contributed by atoms with Crippen molar-refractivity contribution in [2.24, 2.45) is 0 Å². The van der Waals surface area contributed by atoms with E-state index in [9.17, 15) is 13.6 Å². The van der Waals surface area contributed by atoms with Crippen LogP contribution in [0.25, 0.3) is 0 Å². The highest BCUT2D eigenvalue weighted by Crippen LogP contribution is 2.44. The molecule has 9 heteroatoms. The Morgan fingerprint density at radius 3 is 2.84 bits per heavy atom. The van der Waals surface area contributed by atoms with Crippen LogP contribution in [0, 0.1) is 6.92 Å². The van der Waals surface area contributed by atoms with Crippen molar-refractivity contribution in [3.05, 3.63) is 75.5 Å². The third kappa shape index (κ3) is 4.64. The van der Waals surface area contributed by atoms with E-state index in [1.807, 2.05) is 19.1 Å². The molecule has 0 saturated carbocycles. The van der Waals surface area contributed by atoms with Gasteiger partial charge in [0.15, 0.2) is 5.89 Å². The van der Waals surface area contributed by atoms with E-state index in [2.05, 4.69) is 9.88 Å². The highest BCUT2D eigenvalue weighted by atomic mass is 19.3. The van der Waals surface area contributed by atoms with Crippen LogP contribution in [0.3, 0.4) is 0 Å². The van der Waals surface area contributed by atoms with Crippen LogP contribution in [0.1, 0.15) is 76.9 Å². The van der Waals surface area contributed by atoms with Gasteiger partial charge in [0.1, 0.15) is 23.4 Å². The number of aliphatic carboxylic acids is 1. The highest BCUT2D eigenvalue weighted by molar-refractivity contribution is 5.68. The molecule has 0 spiro atoms. The molecule has 0 bridgehead atoms. The van der Waals surface area contributed by atoms with Crippen molar-refractivity contribution in [3.63, 3.8) is 0 Å². The molecule has 7 nitrogen and oxygen atoms in total. The van der Waals surface area contributed by atoms with E-state index in [-0.39, 0.29) is 24.0 Å². The number of hydrogen-bond donors (Lipinski definition) is 1. The Labute approximate surface area is 219 Å². The number of carbonyl (C=O) groups is 1. The Kier molecular flexibility index (Phi) is 6.13. The number of aryl methyl sites for hydroxylation is 1. The Morgan fingerprint density at radius 2 is 2.05 bits per heavy atom. The molecule has 200 valence electrons. The Balaban J connectivity index is 1.25. The molecule has 0 amide bonds. The van der Waals surface area contributed by atoms with Crippen LogP contribution in [-0.4, -0.2) is 34.1 Å². The van der Waals surface area contributed by atoms with Gasteiger partial charge in [0.25, 0.3) is 5.92 Å². The minimum absolute atomic E-state index is 0.0188. The summed E-state index contributed by atoms with van der Waals surface area (Å²) in [6, 6.07) is 8.83. The first kappa shape index (κ1) is 24.9. The van der Waals surface area contributed by atoms with E-state index < -0.39 is 11.9 Å². The zero-order chi connectivity index (χ0) is 26.6. The fourth-order valence-corrected chi connectivity index (χ4v) is 6.07. The molecule has 6 rings (SSSR count). The number of fused-ring (bicyclic) bond motifs is 3. The molecule has 2 atom stereocenters. The van der Waals surface area contributed by atoms with E-state index in [1.54, 1.807) is 18.2 Å². The number of ether oxygens (including phenoxy) is 2. The number of aromatic nitrogens is 1. The van der Waals surface area contributed by atoms with Crippen LogP contribution in [0.5, 0.6) is 11.5 Å². The second-order valence-electron chi connectivity index (χ2n) is 10.6. The Morgan fingerprint density at radius 1 is 1.24 bits per heavy atom. The minimum atomic E-state index is -2.96. The fourth-order valence-electron chi connectivity index (χ4n) is 6.07. The van der Waals surface area contributed by atoms with Crippen LogP contribution >= 0.6 is 0 Å². The molecule has 0 radical (unpaired) electrons. The van der Waals surface area contributed by atoms with Crippen molar-refractivity contribution in [1.29, 1.82) is 0 Å². The molecule has 3 heterocycles. The Bertz CT molecular complexity index is 1400. The summed E-state index contributed by atoms with van der Waals surface area (Å²) in [6.07, 6.45) is 1.81. The summed E-state index contributed by atoms with van der Waals surface area (Å²) >= 11 is 0. The standard InChI is InChI=1S/C29H30F2N2O5/c1-16-32-24-14-33(10-9-26(24)37-16)13-22-20-6-8-25(21(20)5-7-23(22)29(2,30)31)38-18-3-4-19-17(11-28(34)35)15-36-27(19)12-18/h3-5,7,12,17,25H,6,8-11,13-15H2,1-2H3,(H,34,35). The molecule has 1 N–H and O–H groups in total. The summed E-state index contributed by atoms with van der Waals surface area (Å²) in [7, 11) is 0. The van der Waals surface area contributed by atoms with E-state index in [4.69, 9.17) is 19.0 Å². The molecule has 3 aliphatic rings. The molecule has 0 fully saturated rings. The average molecular weight is 525 g/mol. The van der Waals surface area contributed by atoms with Crippen molar-refractivity contribution in [2.75, 3.05) is 13.2 Å².